The van der Waals surface area contributed by atoms with Crippen molar-refractivity contribution in [2.45, 2.75) is 51.0 Å². The fraction of sp³-hybridized carbons (Fsp3) is 0.562. The smallest absolute Gasteiger partial charge is 0.225 e. The molecule has 3 nitrogen and oxygen atoms in total. The van der Waals surface area contributed by atoms with Gasteiger partial charge in [0.2, 0.25) is 5.91 Å². The van der Waals surface area contributed by atoms with Crippen molar-refractivity contribution in [1.82, 2.24) is 5.32 Å². The monoisotopic (exact) mass is 294 g/mol. The summed E-state index contributed by atoms with van der Waals surface area (Å²) in [6.07, 6.45) is 7.69. The first-order valence-corrected chi connectivity index (χ1v) is 7.47. The van der Waals surface area contributed by atoms with Gasteiger partial charge in [0.15, 0.2) is 0 Å². The molecule has 1 unspecified atom stereocenters. The van der Waals surface area contributed by atoms with E-state index in [9.17, 15) is 4.79 Å². The molecule has 0 spiro atoms. The van der Waals surface area contributed by atoms with Gasteiger partial charge in [0, 0.05) is 18.2 Å². The van der Waals surface area contributed by atoms with Crippen molar-refractivity contribution in [1.29, 1.82) is 0 Å². The maximum absolute atomic E-state index is 12.1. The van der Waals surface area contributed by atoms with Crippen molar-refractivity contribution < 1.29 is 4.79 Å². The molecule has 0 aromatic heterocycles. The molecule has 110 valence electrons. The second-order valence-corrected chi connectivity index (χ2v) is 5.70. The molecule has 20 heavy (non-hydrogen) atoms. The lowest BCUT2D eigenvalue weighted by atomic mass is 9.90. The van der Waals surface area contributed by atoms with Crippen LogP contribution in [0.5, 0.6) is 0 Å². The van der Waals surface area contributed by atoms with Crippen LogP contribution >= 0.6 is 12.4 Å². The Morgan fingerprint density at radius 2 is 2.10 bits per heavy atom. The van der Waals surface area contributed by atoms with Crippen LogP contribution in [-0.4, -0.2) is 18.5 Å². The van der Waals surface area contributed by atoms with E-state index in [0.717, 1.165) is 31.5 Å². The summed E-state index contributed by atoms with van der Waals surface area (Å²) in [5, 5.41) is 6.49. The van der Waals surface area contributed by atoms with Gasteiger partial charge in [0.25, 0.3) is 0 Å². The second kappa shape index (κ2) is 7.09. The highest BCUT2D eigenvalue weighted by molar-refractivity contribution is 5.92. The fourth-order valence-corrected chi connectivity index (χ4v) is 3.25. The Balaban J connectivity index is 0.00000147. The number of hydrogen-bond donors (Lipinski definition) is 2. The third-order valence-electron chi connectivity index (χ3n) is 4.26. The summed E-state index contributed by atoms with van der Waals surface area (Å²) in [5.41, 5.74) is 3.82. The van der Waals surface area contributed by atoms with E-state index >= 15 is 0 Å². The molecule has 0 bridgehead atoms. The third kappa shape index (κ3) is 3.53. The summed E-state index contributed by atoms with van der Waals surface area (Å²) in [4.78, 5) is 12.1. The van der Waals surface area contributed by atoms with Crippen molar-refractivity contribution in [2.24, 2.45) is 0 Å². The van der Waals surface area contributed by atoms with E-state index in [2.05, 4.69) is 22.8 Å². The van der Waals surface area contributed by atoms with E-state index in [1.807, 2.05) is 6.07 Å². The number of anilines is 1. The van der Waals surface area contributed by atoms with Crippen LogP contribution in [0, 0.1) is 0 Å². The molecule has 1 fully saturated rings. The van der Waals surface area contributed by atoms with Gasteiger partial charge in [-0.1, -0.05) is 12.1 Å². The second-order valence-electron chi connectivity index (χ2n) is 5.70. The maximum Gasteiger partial charge on any atom is 0.225 e. The SMILES string of the molecule is Cl.O=C(CC1CCCN1)Nc1cccc2c1CCCC2. The summed E-state index contributed by atoms with van der Waals surface area (Å²) in [6.45, 7) is 1.05. The number of nitrogens with one attached hydrogen (secondary N) is 2. The Hall–Kier alpha value is -1.06. The molecule has 1 amide bonds. The van der Waals surface area contributed by atoms with Gasteiger partial charge >= 0.3 is 0 Å². The number of rotatable bonds is 3. The summed E-state index contributed by atoms with van der Waals surface area (Å²) in [7, 11) is 0. The molecule has 1 heterocycles. The Bertz CT molecular complexity index is 470. The average molecular weight is 295 g/mol. The zero-order valence-electron chi connectivity index (χ0n) is 11.8. The van der Waals surface area contributed by atoms with Crippen LogP contribution < -0.4 is 10.6 Å². The minimum atomic E-state index is 0. The zero-order valence-corrected chi connectivity index (χ0v) is 12.6. The normalized spacial score (nSPS) is 20.9. The lowest BCUT2D eigenvalue weighted by Crippen LogP contribution is -2.27. The molecule has 1 atom stereocenters. The predicted molar refractivity (Wildman–Crippen MR) is 84.6 cm³/mol. The van der Waals surface area contributed by atoms with Crippen LogP contribution in [0.2, 0.25) is 0 Å². The molecule has 1 saturated heterocycles. The number of hydrogen-bond acceptors (Lipinski definition) is 2. The summed E-state index contributed by atoms with van der Waals surface area (Å²) < 4.78 is 0. The van der Waals surface area contributed by atoms with E-state index in [1.54, 1.807) is 0 Å². The number of carbonyl (C=O) groups is 1. The Morgan fingerprint density at radius 3 is 2.90 bits per heavy atom. The Morgan fingerprint density at radius 1 is 1.25 bits per heavy atom. The van der Waals surface area contributed by atoms with Gasteiger partial charge < -0.3 is 10.6 Å². The van der Waals surface area contributed by atoms with E-state index in [1.165, 1.54) is 30.4 Å². The van der Waals surface area contributed by atoms with Gasteiger partial charge in [-0.15, -0.1) is 12.4 Å². The molecule has 0 radical (unpaired) electrons. The lowest BCUT2D eigenvalue weighted by molar-refractivity contribution is -0.116. The number of amides is 1. The van der Waals surface area contributed by atoms with Gasteiger partial charge in [-0.2, -0.15) is 0 Å². The Kier molecular flexibility index (Phi) is 5.44. The number of aryl methyl sites for hydroxylation is 1. The lowest BCUT2D eigenvalue weighted by Gasteiger charge is -2.20. The molecule has 0 saturated carbocycles. The quantitative estimate of drug-likeness (QED) is 0.899. The summed E-state index contributed by atoms with van der Waals surface area (Å²) in [6, 6.07) is 6.68. The summed E-state index contributed by atoms with van der Waals surface area (Å²) in [5.74, 6) is 0.151. The summed E-state index contributed by atoms with van der Waals surface area (Å²) >= 11 is 0. The maximum atomic E-state index is 12.1. The van der Waals surface area contributed by atoms with Gasteiger partial charge in [0.1, 0.15) is 0 Å². The highest BCUT2D eigenvalue weighted by atomic mass is 35.5. The van der Waals surface area contributed by atoms with Gasteiger partial charge in [-0.05, 0) is 62.3 Å². The van der Waals surface area contributed by atoms with Gasteiger partial charge in [-0.25, -0.2) is 0 Å². The molecule has 2 aliphatic rings. The first-order valence-electron chi connectivity index (χ1n) is 7.47. The molecule has 3 rings (SSSR count). The van der Waals surface area contributed by atoms with Gasteiger partial charge in [-0.3, -0.25) is 4.79 Å². The molecule has 1 aromatic rings. The van der Waals surface area contributed by atoms with E-state index in [-0.39, 0.29) is 18.3 Å². The third-order valence-corrected chi connectivity index (χ3v) is 4.26. The van der Waals surface area contributed by atoms with Gasteiger partial charge in [0.05, 0.1) is 0 Å². The van der Waals surface area contributed by atoms with Crippen LogP contribution in [0.25, 0.3) is 0 Å². The van der Waals surface area contributed by atoms with Crippen molar-refractivity contribution in [2.75, 3.05) is 11.9 Å². The number of benzene rings is 1. The van der Waals surface area contributed by atoms with E-state index < -0.39 is 0 Å². The van der Waals surface area contributed by atoms with Crippen LogP contribution in [0.3, 0.4) is 0 Å². The first-order chi connectivity index (χ1) is 9.33. The molecule has 1 aliphatic heterocycles. The minimum Gasteiger partial charge on any atom is -0.326 e. The standard InChI is InChI=1S/C16H22N2O.ClH/c19-16(11-13-7-4-10-17-13)18-15-9-3-6-12-5-1-2-8-14(12)15;/h3,6,9,13,17H,1-2,4-5,7-8,10-11H2,(H,18,19);1H. The van der Waals surface area contributed by atoms with Crippen LogP contribution in [-0.2, 0) is 17.6 Å². The molecule has 1 aromatic carbocycles. The average Bonchev–Trinajstić information content (AvgIpc) is 2.92. The first kappa shape index (κ1) is 15.3. The van der Waals surface area contributed by atoms with E-state index in [4.69, 9.17) is 0 Å². The minimum absolute atomic E-state index is 0. The molecule has 2 N–H and O–H groups in total. The highest BCUT2D eigenvalue weighted by Crippen LogP contribution is 2.28. The van der Waals surface area contributed by atoms with E-state index in [0.29, 0.717) is 12.5 Å². The highest BCUT2D eigenvalue weighted by Gasteiger charge is 2.19. The number of carbonyl (C=O) groups excluding carboxylic acids is 1. The predicted octanol–water partition coefficient (Wildman–Crippen LogP) is 3.07. The van der Waals surface area contributed by atoms with Crippen LogP contribution in [0.1, 0.15) is 43.2 Å². The number of halogens is 1. The Labute approximate surface area is 126 Å². The number of fused-ring (bicyclic) bond motifs is 1. The topological polar surface area (TPSA) is 41.1 Å². The molecule has 4 heteroatoms. The van der Waals surface area contributed by atoms with Crippen molar-refractivity contribution in [3.63, 3.8) is 0 Å². The largest absolute Gasteiger partial charge is 0.326 e. The molecule has 1 aliphatic carbocycles. The molecular weight excluding hydrogens is 272 g/mol. The van der Waals surface area contributed by atoms with Crippen LogP contribution in [0.4, 0.5) is 5.69 Å². The van der Waals surface area contributed by atoms with Crippen molar-refractivity contribution in [3.05, 3.63) is 29.3 Å². The zero-order chi connectivity index (χ0) is 13.1. The molecular formula is C16H23ClN2O. The van der Waals surface area contributed by atoms with Crippen molar-refractivity contribution in [3.8, 4) is 0 Å². The fourth-order valence-electron chi connectivity index (χ4n) is 3.25. The van der Waals surface area contributed by atoms with Crippen LogP contribution in [0.15, 0.2) is 18.2 Å². The van der Waals surface area contributed by atoms with Crippen molar-refractivity contribution >= 4 is 24.0 Å².